The summed E-state index contributed by atoms with van der Waals surface area (Å²) in [6.45, 7) is 17.3. The predicted molar refractivity (Wildman–Crippen MR) is 226 cm³/mol. The first-order valence-electron chi connectivity index (χ1n) is 18.7. The number of hydrogen-bond acceptors (Lipinski definition) is 1. The maximum atomic E-state index is 12.5. The van der Waals surface area contributed by atoms with Crippen molar-refractivity contribution in [1.29, 1.82) is 0 Å². The molecule has 2 fully saturated rings. The molecule has 0 saturated heterocycles. The quantitative estimate of drug-likeness (QED) is 0.123. The molecular formula is C49H52FeOP2. The van der Waals surface area contributed by atoms with E-state index in [1.165, 1.54) is 97.8 Å². The molecule has 0 unspecified atom stereocenters. The smallest absolute Gasteiger partial charge is 0.0875 e. The van der Waals surface area contributed by atoms with Gasteiger partial charge >= 0.3 is 0 Å². The van der Waals surface area contributed by atoms with Gasteiger partial charge in [0.15, 0.2) is 0 Å². The van der Waals surface area contributed by atoms with Crippen molar-refractivity contribution in [3.8, 4) is 0 Å². The maximum Gasteiger partial charge on any atom is 0.0875 e. The van der Waals surface area contributed by atoms with E-state index in [1.54, 1.807) is 0 Å². The molecular weight excluding hydrogens is 722 g/mol. The molecule has 0 aliphatic heterocycles. The largest absolute Gasteiger partial charge is 0.388 e. The van der Waals surface area contributed by atoms with Crippen LogP contribution in [-0.4, -0.2) is 5.11 Å². The van der Waals surface area contributed by atoms with E-state index in [2.05, 4.69) is 166 Å². The third-order valence-electron chi connectivity index (χ3n) is 9.71. The van der Waals surface area contributed by atoms with Crippen molar-refractivity contribution in [2.75, 3.05) is 0 Å². The molecule has 53 heavy (non-hydrogen) atoms. The molecule has 1 nitrogen and oxygen atoms in total. The maximum absolute atomic E-state index is 12.5. The summed E-state index contributed by atoms with van der Waals surface area (Å²) in [6.07, 6.45) is 16.6. The molecule has 5 aromatic carbocycles. The Kier molecular flexibility index (Phi) is 14.8. The summed E-state index contributed by atoms with van der Waals surface area (Å²) in [4.78, 5) is 0. The van der Waals surface area contributed by atoms with Crippen LogP contribution < -0.4 is 26.5 Å². The summed E-state index contributed by atoms with van der Waals surface area (Å²) in [7, 11) is -1.98. The number of benzene rings is 5. The van der Waals surface area contributed by atoms with Crippen LogP contribution in [0.15, 0.2) is 97.1 Å². The van der Waals surface area contributed by atoms with Crippen molar-refractivity contribution < 1.29 is 22.2 Å². The van der Waals surface area contributed by atoms with Crippen molar-refractivity contribution >= 4 is 42.4 Å². The number of aliphatic hydroxyl groups excluding tert-OH is 1. The fraction of sp³-hybridized carbons (Fsp3) is 0.286. The van der Waals surface area contributed by atoms with Gasteiger partial charge in [-0.1, -0.05) is 174 Å². The molecule has 7 rings (SSSR count). The van der Waals surface area contributed by atoms with Gasteiger partial charge in [0.1, 0.15) is 0 Å². The summed E-state index contributed by atoms with van der Waals surface area (Å²) in [5.74, 6) is 0.762. The summed E-state index contributed by atoms with van der Waals surface area (Å²) in [5.41, 5.74) is 11.8. The van der Waals surface area contributed by atoms with Gasteiger partial charge in [-0.05, 0) is 103 Å². The average Bonchev–Trinajstić information content (AvgIpc) is 3.80. The van der Waals surface area contributed by atoms with Crippen molar-refractivity contribution in [1.82, 2.24) is 0 Å². The molecule has 272 valence electrons. The van der Waals surface area contributed by atoms with Gasteiger partial charge in [-0.25, -0.2) is 0 Å². The van der Waals surface area contributed by atoms with Crippen LogP contribution in [-0.2, 0) is 17.1 Å². The number of aliphatic hydroxyl groups is 1. The first kappa shape index (κ1) is 41.6. The van der Waals surface area contributed by atoms with E-state index in [-0.39, 0.29) is 17.1 Å². The van der Waals surface area contributed by atoms with Gasteiger partial charge in [0.2, 0.25) is 0 Å². The van der Waals surface area contributed by atoms with Crippen LogP contribution in [0.3, 0.4) is 0 Å². The molecule has 4 heteroatoms. The predicted octanol–water partition coefficient (Wildman–Crippen LogP) is 10.4. The van der Waals surface area contributed by atoms with E-state index in [0.29, 0.717) is 0 Å². The molecule has 2 saturated carbocycles. The second-order valence-electron chi connectivity index (χ2n) is 14.9. The summed E-state index contributed by atoms with van der Waals surface area (Å²) in [6, 6.07) is 35.8. The third kappa shape index (κ3) is 10.4. The minimum Gasteiger partial charge on any atom is -0.388 e. The normalized spacial score (nSPS) is 15.4. The molecule has 0 bridgehead atoms. The number of hydrogen-bond donors (Lipinski definition) is 1. The second-order valence-corrected chi connectivity index (χ2v) is 19.3. The van der Waals surface area contributed by atoms with Crippen LogP contribution in [0, 0.1) is 86.2 Å². The van der Waals surface area contributed by atoms with E-state index in [1.807, 2.05) is 6.07 Å². The van der Waals surface area contributed by atoms with Gasteiger partial charge in [-0.15, -0.1) is 0 Å². The Morgan fingerprint density at radius 3 is 1.19 bits per heavy atom. The zero-order valence-corrected chi connectivity index (χ0v) is 35.4. The average molecular weight is 775 g/mol. The zero-order chi connectivity index (χ0) is 36.9. The molecule has 1 N–H and O–H groups in total. The first-order valence-corrected chi connectivity index (χ1v) is 21.4. The Bertz CT molecular complexity index is 1800. The first-order chi connectivity index (χ1) is 25.0. The van der Waals surface area contributed by atoms with Crippen molar-refractivity contribution in [3.63, 3.8) is 0 Å². The summed E-state index contributed by atoms with van der Waals surface area (Å²) in [5, 5.41) is 18.8. The fourth-order valence-electron chi connectivity index (χ4n) is 7.77. The monoisotopic (exact) mass is 774 g/mol. The number of rotatable bonds is 8. The number of aryl methyl sites for hydroxylation is 8. The minimum atomic E-state index is -1.02. The molecule has 1 atom stereocenters. The SMILES string of the molecule is C1CCCC1.Cc1cc(C)cc(P([C]2[C][C][C][C]2[C@@H](O)c2ccccc2P(c2cc(C)cc(C)c2)c2cc(C)cc(C)c2)c2cc(C)cc(C)c2)c1.[Fe]. The van der Waals surface area contributed by atoms with Crippen molar-refractivity contribution in [3.05, 3.63) is 178 Å². The van der Waals surface area contributed by atoms with Crippen LogP contribution >= 0.6 is 15.8 Å². The van der Waals surface area contributed by atoms with E-state index >= 15 is 0 Å². The standard InChI is InChI=1S/C44H42OP2.C5H10.Fe/c1-28-16-29(2)21-36(20-28)46(37-22-30(3)17-31(4)23-37)42-14-10-9-12-40(42)44(45)41-13-11-15-43(41)47(38-24-32(5)18-33(6)25-38)39-26-34(7)19-35(8)27-39;1-2-4-5-3-1;/h9-10,12,14,16-27,44-45H,1-8H3;1-5H2;/t44-;;/m0../s1. The van der Waals surface area contributed by atoms with Crippen molar-refractivity contribution in [2.24, 2.45) is 0 Å². The van der Waals surface area contributed by atoms with Gasteiger partial charge < -0.3 is 5.11 Å². The van der Waals surface area contributed by atoms with E-state index in [9.17, 15) is 5.11 Å². The second kappa shape index (κ2) is 18.9. The molecule has 0 aromatic heterocycles. The third-order valence-corrected chi connectivity index (χ3v) is 14.5. The summed E-state index contributed by atoms with van der Waals surface area (Å²) >= 11 is 0. The Hall–Kier alpha value is -2.56. The van der Waals surface area contributed by atoms with E-state index in [0.717, 1.165) is 22.4 Å². The van der Waals surface area contributed by atoms with Crippen LogP contribution in [0.2, 0.25) is 0 Å². The molecule has 0 heterocycles. The molecule has 2 aliphatic rings. The Morgan fingerprint density at radius 2 is 0.811 bits per heavy atom. The van der Waals surface area contributed by atoms with Crippen molar-refractivity contribution in [2.45, 2.75) is 93.6 Å². The van der Waals surface area contributed by atoms with E-state index < -0.39 is 21.9 Å². The van der Waals surface area contributed by atoms with E-state index in [4.69, 9.17) is 0 Å². The Labute approximate surface area is 334 Å². The molecule has 0 spiro atoms. The molecule has 0 amide bonds. The topological polar surface area (TPSA) is 20.2 Å². The molecule has 5 aromatic rings. The van der Waals surface area contributed by atoms with Gasteiger partial charge in [0, 0.05) is 47.9 Å². The van der Waals surface area contributed by atoms with Gasteiger partial charge in [-0.2, -0.15) is 0 Å². The van der Waals surface area contributed by atoms with Crippen LogP contribution in [0.5, 0.6) is 0 Å². The van der Waals surface area contributed by atoms with Crippen LogP contribution in [0.25, 0.3) is 0 Å². The molecule has 8 radical (unpaired) electrons. The van der Waals surface area contributed by atoms with Gasteiger partial charge in [-0.3, -0.25) is 0 Å². The Balaban J connectivity index is 0.000000833. The van der Waals surface area contributed by atoms with Gasteiger partial charge in [0.05, 0.1) is 6.10 Å². The van der Waals surface area contributed by atoms with Crippen LogP contribution in [0.4, 0.5) is 0 Å². The van der Waals surface area contributed by atoms with Crippen LogP contribution in [0.1, 0.15) is 88.3 Å². The minimum absolute atomic E-state index is 0. The zero-order valence-electron chi connectivity index (χ0n) is 32.5. The Morgan fingerprint density at radius 1 is 0.472 bits per heavy atom. The summed E-state index contributed by atoms with van der Waals surface area (Å²) < 4.78 is 0. The fourth-order valence-corrected chi connectivity index (χ4v) is 13.4. The van der Waals surface area contributed by atoms with Gasteiger partial charge in [0.25, 0.3) is 0 Å². The molecule has 2 aliphatic carbocycles.